The molecule has 3 rings (SSSR count). The number of nitrogens with zero attached hydrogens (tertiary/aromatic N) is 2. The Morgan fingerprint density at radius 3 is 2.60 bits per heavy atom. The number of benzene rings is 2. The van der Waals surface area contributed by atoms with E-state index < -0.39 is 0 Å². The second kappa shape index (κ2) is 5.29. The summed E-state index contributed by atoms with van der Waals surface area (Å²) in [5, 5.41) is 4.53. The van der Waals surface area contributed by atoms with Gasteiger partial charge in [0.05, 0.1) is 17.8 Å². The van der Waals surface area contributed by atoms with Gasteiger partial charge >= 0.3 is 0 Å². The molecule has 1 N–H and O–H groups in total. The molecule has 20 heavy (non-hydrogen) atoms. The van der Waals surface area contributed by atoms with Crippen LogP contribution in [0.1, 0.15) is 16.8 Å². The van der Waals surface area contributed by atoms with Gasteiger partial charge in [0.25, 0.3) is 0 Å². The third-order valence-electron chi connectivity index (χ3n) is 3.39. The molecular formula is C17H17N3. The molecule has 0 aliphatic heterocycles. The number of aryl methyl sites for hydroxylation is 2. The highest BCUT2D eigenvalue weighted by Crippen LogP contribution is 2.21. The van der Waals surface area contributed by atoms with E-state index in [1.165, 1.54) is 11.1 Å². The third kappa shape index (κ3) is 2.48. The summed E-state index contributed by atoms with van der Waals surface area (Å²) in [6.45, 7) is 4.90. The lowest BCUT2D eigenvalue weighted by Gasteiger charge is -2.10. The zero-order chi connectivity index (χ0) is 13.9. The minimum atomic E-state index is 0.700. The summed E-state index contributed by atoms with van der Waals surface area (Å²) in [5.74, 6) is 0. The van der Waals surface area contributed by atoms with Crippen molar-refractivity contribution in [2.45, 2.75) is 20.4 Å². The van der Waals surface area contributed by atoms with Crippen molar-refractivity contribution in [3.8, 4) is 0 Å². The molecule has 0 bridgehead atoms. The second-order valence-corrected chi connectivity index (χ2v) is 5.02. The van der Waals surface area contributed by atoms with Gasteiger partial charge in [0.15, 0.2) is 0 Å². The molecule has 0 saturated heterocycles. The summed E-state index contributed by atoms with van der Waals surface area (Å²) >= 11 is 0. The largest absolute Gasteiger partial charge is 0.379 e. The Labute approximate surface area is 118 Å². The summed E-state index contributed by atoms with van der Waals surface area (Å²) in [4.78, 5) is 8.83. The first-order valence-electron chi connectivity index (χ1n) is 6.74. The van der Waals surface area contributed by atoms with Crippen LogP contribution < -0.4 is 5.32 Å². The maximum atomic E-state index is 4.43. The third-order valence-corrected chi connectivity index (χ3v) is 3.39. The van der Waals surface area contributed by atoms with Gasteiger partial charge in [-0.1, -0.05) is 29.8 Å². The van der Waals surface area contributed by atoms with E-state index in [1.54, 1.807) is 6.33 Å². The molecule has 0 saturated carbocycles. The lowest BCUT2D eigenvalue weighted by Crippen LogP contribution is -2.03. The molecule has 0 fully saturated rings. The van der Waals surface area contributed by atoms with Crippen molar-refractivity contribution in [3.63, 3.8) is 0 Å². The van der Waals surface area contributed by atoms with E-state index in [2.05, 4.69) is 53.4 Å². The maximum absolute atomic E-state index is 4.43. The fourth-order valence-corrected chi connectivity index (χ4v) is 2.46. The summed E-state index contributed by atoms with van der Waals surface area (Å²) in [6.07, 6.45) is 1.65. The van der Waals surface area contributed by atoms with Crippen LogP contribution in [0.2, 0.25) is 0 Å². The Morgan fingerprint density at radius 1 is 1.00 bits per heavy atom. The number of para-hydroxylation sites is 1. The lowest BCUT2D eigenvalue weighted by molar-refractivity contribution is 1.04. The first kappa shape index (κ1) is 12.6. The minimum Gasteiger partial charge on any atom is -0.379 e. The van der Waals surface area contributed by atoms with Gasteiger partial charge in [0, 0.05) is 11.1 Å². The summed E-state index contributed by atoms with van der Waals surface area (Å²) in [6, 6.07) is 14.5. The smallest absolute Gasteiger partial charge is 0.116 e. The summed E-state index contributed by atoms with van der Waals surface area (Å²) < 4.78 is 0. The zero-order valence-corrected chi connectivity index (χ0v) is 11.7. The molecule has 0 spiro atoms. The van der Waals surface area contributed by atoms with Gasteiger partial charge < -0.3 is 5.32 Å². The van der Waals surface area contributed by atoms with E-state index in [1.807, 2.05) is 18.2 Å². The molecule has 0 aliphatic rings. The van der Waals surface area contributed by atoms with E-state index in [0.29, 0.717) is 6.54 Å². The topological polar surface area (TPSA) is 37.8 Å². The van der Waals surface area contributed by atoms with Crippen LogP contribution in [0.15, 0.2) is 48.8 Å². The molecule has 0 aliphatic carbocycles. The number of nitrogens with one attached hydrogen (secondary N) is 1. The average molecular weight is 263 g/mol. The van der Waals surface area contributed by atoms with Gasteiger partial charge in [0.1, 0.15) is 6.33 Å². The zero-order valence-electron chi connectivity index (χ0n) is 11.7. The van der Waals surface area contributed by atoms with Crippen molar-refractivity contribution in [2.75, 3.05) is 5.32 Å². The predicted octanol–water partition coefficient (Wildman–Crippen LogP) is 3.86. The highest BCUT2D eigenvalue weighted by Gasteiger charge is 2.06. The monoisotopic (exact) mass is 263 g/mol. The van der Waals surface area contributed by atoms with Crippen molar-refractivity contribution in [2.24, 2.45) is 0 Å². The van der Waals surface area contributed by atoms with E-state index in [0.717, 1.165) is 22.3 Å². The van der Waals surface area contributed by atoms with Crippen LogP contribution in [0, 0.1) is 13.8 Å². The molecular weight excluding hydrogens is 246 g/mol. The van der Waals surface area contributed by atoms with Crippen LogP contribution >= 0.6 is 0 Å². The highest BCUT2D eigenvalue weighted by molar-refractivity contribution is 5.84. The van der Waals surface area contributed by atoms with Crippen molar-refractivity contribution in [1.82, 2.24) is 9.97 Å². The molecule has 1 aromatic heterocycles. The molecule has 3 nitrogen and oxygen atoms in total. The van der Waals surface area contributed by atoms with E-state index in [9.17, 15) is 0 Å². The van der Waals surface area contributed by atoms with E-state index in [-0.39, 0.29) is 0 Å². The Hall–Kier alpha value is -2.42. The standard InChI is InChI=1S/C17H17N3/c1-12-8-13(2)17-15(9-12)16(19-11-20-17)10-18-14-6-4-3-5-7-14/h3-9,11,18H,10H2,1-2H3. The Kier molecular flexibility index (Phi) is 3.33. The molecule has 2 aromatic carbocycles. The number of hydrogen-bond donors (Lipinski definition) is 1. The fourth-order valence-electron chi connectivity index (χ4n) is 2.46. The van der Waals surface area contributed by atoms with Gasteiger partial charge in [-0.2, -0.15) is 0 Å². The van der Waals surface area contributed by atoms with Crippen LogP contribution in [-0.2, 0) is 6.54 Å². The number of rotatable bonds is 3. The quantitative estimate of drug-likeness (QED) is 0.779. The fraction of sp³-hybridized carbons (Fsp3) is 0.176. The molecule has 3 aromatic rings. The second-order valence-electron chi connectivity index (χ2n) is 5.02. The van der Waals surface area contributed by atoms with Crippen molar-refractivity contribution in [1.29, 1.82) is 0 Å². The van der Waals surface area contributed by atoms with Crippen molar-refractivity contribution < 1.29 is 0 Å². The van der Waals surface area contributed by atoms with Gasteiger partial charge in [-0.15, -0.1) is 0 Å². The number of aromatic nitrogens is 2. The first-order chi connectivity index (χ1) is 9.74. The molecule has 100 valence electrons. The molecule has 0 radical (unpaired) electrons. The van der Waals surface area contributed by atoms with Crippen LogP contribution in [-0.4, -0.2) is 9.97 Å². The average Bonchev–Trinajstić information content (AvgIpc) is 2.46. The van der Waals surface area contributed by atoms with Gasteiger partial charge in [-0.3, -0.25) is 0 Å². The molecule has 1 heterocycles. The first-order valence-corrected chi connectivity index (χ1v) is 6.74. The number of hydrogen-bond acceptors (Lipinski definition) is 3. The van der Waals surface area contributed by atoms with Crippen LogP contribution in [0.4, 0.5) is 5.69 Å². The van der Waals surface area contributed by atoms with Crippen LogP contribution in [0.5, 0.6) is 0 Å². The molecule has 3 heteroatoms. The van der Waals surface area contributed by atoms with Crippen molar-refractivity contribution >= 4 is 16.6 Å². The number of fused-ring (bicyclic) bond motifs is 1. The van der Waals surface area contributed by atoms with Crippen molar-refractivity contribution in [3.05, 3.63) is 65.6 Å². The molecule has 0 atom stereocenters. The van der Waals surface area contributed by atoms with Crippen LogP contribution in [0.25, 0.3) is 10.9 Å². The van der Waals surface area contributed by atoms with Gasteiger partial charge in [-0.05, 0) is 37.6 Å². The Morgan fingerprint density at radius 2 is 1.80 bits per heavy atom. The molecule has 0 unspecified atom stereocenters. The Bertz CT molecular complexity index is 736. The Balaban J connectivity index is 1.95. The SMILES string of the molecule is Cc1cc(C)c2ncnc(CNc3ccccc3)c2c1. The van der Waals surface area contributed by atoms with E-state index >= 15 is 0 Å². The maximum Gasteiger partial charge on any atom is 0.116 e. The molecule has 0 amide bonds. The summed E-state index contributed by atoms with van der Waals surface area (Å²) in [7, 11) is 0. The lowest BCUT2D eigenvalue weighted by atomic mass is 10.1. The van der Waals surface area contributed by atoms with Gasteiger partial charge in [-0.25, -0.2) is 9.97 Å². The normalized spacial score (nSPS) is 10.7. The predicted molar refractivity (Wildman–Crippen MR) is 82.8 cm³/mol. The summed E-state index contributed by atoms with van der Waals surface area (Å²) in [5.41, 5.74) is 5.61. The minimum absolute atomic E-state index is 0.700. The van der Waals surface area contributed by atoms with Gasteiger partial charge in [0.2, 0.25) is 0 Å². The van der Waals surface area contributed by atoms with E-state index in [4.69, 9.17) is 0 Å². The van der Waals surface area contributed by atoms with Crippen LogP contribution in [0.3, 0.4) is 0 Å². The number of anilines is 1. The highest BCUT2D eigenvalue weighted by atomic mass is 14.9.